The van der Waals surface area contributed by atoms with Crippen molar-refractivity contribution < 1.29 is 10.2 Å². The average molecular weight is 154 g/mol. The number of hydrogen-bond acceptors (Lipinski definition) is 3. The van der Waals surface area contributed by atoms with Crippen LogP contribution < -0.4 is 5.32 Å². The first-order chi connectivity index (χ1) is 3.84. The van der Waals surface area contributed by atoms with Crippen LogP contribution in [0.25, 0.3) is 0 Å². The SMILES string of the molecule is Cl.OC[C@H]1NCC[C@H]1O. The fourth-order valence-electron chi connectivity index (χ4n) is 0.940. The van der Waals surface area contributed by atoms with Gasteiger partial charge in [-0.3, -0.25) is 0 Å². The van der Waals surface area contributed by atoms with Crippen molar-refractivity contribution in [2.24, 2.45) is 0 Å². The van der Waals surface area contributed by atoms with Crippen molar-refractivity contribution in [3.8, 4) is 0 Å². The van der Waals surface area contributed by atoms with Crippen LogP contribution in [-0.2, 0) is 0 Å². The third-order valence-electron chi connectivity index (χ3n) is 1.51. The van der Waals surface area contributed by atoms with Crippen molar-refractivity contribution in [3.63, 3.8) is 0 Å². The topological polar surface area (TPSA) is 52.5 Å². The van der Waals surface area contributed by atoms with Gasteiger partial charge in [-0.25, -0.2) is 0 Å². The fraction of sp³-hybridized carbons (Fsp3) is 1.00. The zero-order valence-corrected chi connectivity index (χ0v) is 5.90. The van der Waals surface area contributed by atoms with Gasteiger partial charge in [-0.2, -0.15) is 0 Å². The molecule has 1 heterocycles. The van der Waals surface area contributed by atoms with Crippen molar-refractivity contribution in [3.05, 3.63) is 0 Å². The molecule has 0 aromatic heterocycles. The van der Waals surface area contributed by atoms with Crippen LogP contribution in [0.1, 0.15) is 6.42 Å². The Morgan fingerprint density at radius 3 is 2.44 bits per heavy atom. The molecule has 1 aliphatic rings. The van der Waals surface area contributed by atoms with E-state index >= 15 is 0 Å². The van der Waals surface area contributed by atoms with Crippen LogP contribution in [0.3, 0.4) is 0 Å². The Kier molecular flexibility index (Phi) is 4.14. The Morgan fingerprint density at radius 2 is 2.22 bits per heavy atom. The van der Waals surface area contributed by atoms with Gasteiger partial charge in [0.15, 0.2) is 0 Å². The molecular weight excluding hydrogens is 142 g/mol. The molecule has 0 spiro atoms. The lowest BCUT2D eigenvalue weighted by atomic mass is 10.2. The van der Waals surface area contributed by atoms with Gasteiger partial charge in [-0.1, -0.05) is 0 Å². The van der Waals surface area contributed by atoms with Gasteiger partial charge >= 0.3 is 0 Å². The average Bonchev–Trinajstić information content (AvgIpc) is 2.14. The van der Waals surface area contributed by atoms with Crippen molar-refractivity contribution in [2.45, 2.75) is 18.6 Å². The zero-order valence-electron chi connectivity index (χ0n) is 5.08. The van der Waals surface area contributed by atoms with E-state index in [2.05, 4.69) is 5.32 Å². The molecule has 2 atom stereocenters. The van der Waals surface area contributed by atoms with Gasteiger partial charge in [0, 0.05) is 0 Å². The van der Waals surface area contributed by atoms with Crippen molar-refractivity contribution in [1.82, 2.24) is 5.32 Å². The summed E-state index contributed by atoms with van der Waals surface area (Å²) in [6.07, 6.45) is 0.436. The van der Waals surface area contributed by atoms with Crippen LogP contribution in [0.15, 0.2) is 0 Å². The summed E-state index contributed by atoms with van der Waals surface area (Å²) in [5.41, 5.74) is 0. The van der Waals surface area contributed by atoms with Gasteiger partial charge < -0.3 is 15.5 Å². The Bertz CT molecular complexity index is 81.4. The lowest BCUT2D eigenvalue weighted by Crippen LogP contribution is -2.33. The highest BCUT2D eigenvalue weighted by Crippen LogP contribution is 2.04. The molecule has 0 saturated carbocycles. The zero-order chi connectivity index (χ0) is 5.98. The van der Waals surface area contributed by atoms with Crippen LogP contribution in [0.4, 0.5) is 0 Å². The molecule has 1 rings (SSSR count). The van der Waals surface area contributed by atoms with Crippen LogP contribution in [0.2, 0.25) is 0 Å². The first-order valence-electron chi connectivity index (χ1n) is 2.87. The Labute approximate surface area is 60.5 Å². The first-order valence-corrected chi connectivity index (χ1v) is 2.87. The highest BCUT2D eigenvalue weighted by atomic mass is 35.5. The molecule has 4 heteroatoms. The maximum atomic E-state index is 8.97. The molecule has 1 saturated heterocycles. The Balaban J connectivity index is 0.000000640. The Hall–Kier alpha value is 0.170. The van der Waals surface area contributed by atoms with E-state index in [4.69, 9.17) is 10.2 Å². The summed E-state index contributed by atoms with van der Waals surface area (Å²) in [4.78, 5) is 0. The van der Waals surface area contributed by atoms with E-state index in [0.29, 0.717) is 0 Å². The molecule has 56 valence electrons. The van der Waals surface area contributed by atoms with Crippen molar-refractivity contribution >= 4 is 12.4 Å². The van der Waals surface area contributed by atoms with E-state index in [-0.39, 0.29) is 31.2 Å². The number of halogens is 1. The summed E-state index contributed by atoms with van der Waals surface area (Å²) in [5.74, 6) is 0. The summed E-state index contributed by atoms with van der Waals surface area (Å²) < 4.78 is 0. The maximum absolute atomic E-state index is 8.97. The number of hydrogen-bond donors (Lipinski definition) is 3. The standard InChI is InChI=1S/C5H11NO2.ClH/c7-3-4-5(8)1-2-6-4;/h4-8H,1-3H2;1H/t4-,5-;/m1./s1. The molecule has 0 radical (unpaired) electrons. The molecule has 0 aromatic rings. The van der Waals surface area contributed by atoms with Crippen LogP contribution in [-0.4, -0.2) is 35.5 Å². The minimum atomic E-state index is -0.333. The van der Waals surface area contributed by atoms with Gasteiger partial charge in [0.25, 0.3) is 0 Å². The summed E-state index contributed by atoms with van der Waals surface area (Å²) in [6.45, 7) is 0.869. The molecule has 3 nitrogen and oxygen atoms in total. The number of rotatable bonds is 1. The second-order valence-electron chi connectivity index (χ2n) is 2.10. The lowest BCUT2D eigenvalue weighted by Gasteiger charge is -2.09. The van der Waals surface area contributed by atoms with Gasteiger partial charge in [0.1, 0.15) is 0 Å². The minimum absolute atomic E-state index is 0. The Morgan fingerprint density at radius 1 is 1.56 bits per heavy atom. The van der Waals surface area contributed by atoms with Crippen LogP contribution in [0.5, 0.6) is 0 Å². The van der Waals surface area contributed by atoms with E-state index in [1.54, 1.807) is 0 Å². The predicted molar refractivity (Wildman–Crippen MR) is 36.7 cm³/mol. The van der Waals surface area contributed by atoms with Gasteiger partial charge in [0.2, 0.25) is 0 Å². The van der Waals surface area contributed by atoms with Crippen LogP contribution >= 0.6 is 12.4 Å². The number of aliphatic hydroxyl groups excluding tert-OH is 2. The summed E-state index contributed by atoms with van der Waals surface area (Å²) in [7, 11) is 0. The molecule has 1 fully saturated rings. The fourth-order valence-corrected chi connectivity index (χ4v) is 0.940. The molecular formula is C5H12ClNO2. The van der Waals surface area contributed by atoms with Crippen molar-refractivity contribution in [1.29, 1.82) is 0 Å². The largest absolute Gasteiger partial charge is 0.395 e. The third kappa shape index (κ3) is 2.10. The highest BCUT2D eigenvalue weighted by Gasteiger charge is 2.22. The molecule has 0 amide bonds. The second kappa shape index (κ2) is 4.06. The second-order valence-corrected chi connectivity index (χ2v) is 2.10. The number of nitrogens with one attached hydrogen (secondary N) is 1. The molecule has 0 aromatic carbocycles. The van der Waals surface area contributed by atoms with Gasteiger partial charge in [0.05, 0.1) is 18.8 Å². The molecule has 0 aliphatic carbocycles. The van der Waals surface area contributed by atoms with E-state index in [0.717, 1.165) is 13.0 Å². The highest BCUT2D eigenvalue weighted by molar-refractivity contribution is 5.85. The molecule has 0 bridgehead atoms. The van der Waals surface area contributed by atoms with E-state index in [1.807, 2.05) is 0 Å². The summed E-state index contributed by atoms with van der Waals surface area (Å²) >= 11 is 0. The van der Waals surface area contributed by atoms with Crippen molar-refractivity contribution in [2.75, 3.05) is 13.2 Å². The molecule has 0 unspecified atom stereocenters. The normalized spacial score (nSPS) is 34.0. The quantitative estimate of drug-likeness (QED) is 0.459. The predicted octanol–water partition coefficient (Wildman–Crippen LogP) is -0.877. The first kappa shape index (κ1) is 9.17. The monoisotopic (exact) mass is 153 g/mol. The lowest BCUT2D eigenvalue weighted by molar-refractivity contribution is 0.121. The van der Waals surface area contributed by atoms with E-state index < -0.39 is 0 Å². The summed E-state index contributed by atoms with van der Waals surface area (Å²) in [6, 6.07) is -0.0741. The molecule has 3 N–H and O–H groups in total. The van der Waals surface area contributed by atoms with E-state index in [1.165, 1.54) is 0 Å². The summed E-state index contributed by atoms with van der Waals surface area (Å²) in [5, 5.41) is 20.4. The van der Waals surface area contributed by atoms with Crippen LogP contribution in [0, 0.1) is 0 Å². The maximum Gasteiger partial charge on any atom is 0.0727 e. The van der Waals surface area contributed by atoms with E-state index in [9.17, 15) is 0 Å². The molecule has 9 heavy (non-hydrogen) atoms. The van der Waals surface area contributed by atoms with Gasteiger partial charge in [-0.15, -0.1) is 12.4 Å². The molecule has 1 aliphatic heterocycles. The van der Waals surface area contributed by atoms with Gasteiger partial charge in [-0.05, 0) is 13.0 Å². The smallest absolute Gasteiger partial charge is 0.0727 e. The number of aliphatic hydroxyl groups is 2. The third-order valence-corrected chi connectivity index (χ3v) is 1.51. The minimum Gasteiger partial charge on any atom is -0.395 e.